The number of rotatable bonds is 2. The van der Waals surface area contributed by atoms with Crippen LogP contribution in [0.5, 0.6) is 0 Å². The Morgan fingerprint density at radius 1 is 1.21 bits per heavy atom. The molecule has 19 heavy (non-hydrogen) atoms. The predicted octanol–water partition coefficient (Wildman–Crippen LogP) is 1.32. The second-order valence-corrected chi connectivity index (χ2v) is 5.69. The highest BCUT2D eigenvalue weighted by Gasteiger charge is 2.19. The fraction of sp³-hybridized carbons (Fsp3) is 0.438. The van der Waals surface area contributed by atoms with Gasteiger partial charge in [-0.25, -0.2) is 0 Å². The van der Waals surface area contributed by atoms with E-state index in [2.05, 4.69) is 4.98 Å². The molecule has 2 heterocycles. The van der Waals surface area contributed by atoms with Gasteiger partial charge >= 0.3 is 0 Å². The number of aromatic amines is 1. The van der Waals surface area contributed by atoms with Crippen molar-refractivity contribution in [1.29, 1.82) is 0 Å². The summed E-state index contributed by atoms with van der Waals surface area (Å²) in [5, 5.41) is 0.833. The third-order valence-electron chi connectivity index (χ3n) is 4.29. The normalized spacial score (nSPS) is 16.3. The van der Waals surface area contributed by atoms with Crippen LogP contribution < -0.4 is 10.3 Å². The number of aryl methyl sites for hydroxylation is 2. The summed E-state index contributed by atoms with van der Waals surface area (Å²) in [4.78, 5) is 17.6. The first-order chi connectivity index (χ1) is 9.16. The number of para-hydroxylation sites is 1. The summed E-state index contributed by atoms with van der Waals surface area (Å²) in [5.74, 6) is 0. The minimum Gasteiger partial charge on any atom is -0.358 e. The molecule has 0 saturated carbocycles. The lowest BCUT2D eigenvalue weighted by atomic mass is 10.1. The number of aromatic nitrogens is 1. The standard InChI is InChI=1S/C16H20N2O/c1-11-6-5-7-13-15(11)17-12(2)14(16(13)19)10-18-8-3-4-9-18/h5-7H,3-4,8-10H2,1-2H3,(H,17,19)/p+1. The average Bonchev–Trinajstić information content (AvgIpc) is 2.89. The number of likely N-dealkylation sites (tertiary alicyclic amines) is 1. The van der Waals surface area contributed by atoms with E-state index in [1.807, 2.05) is 32.0 Å². The van der Waals surface area contributed by atoms with Gasteiger partial charge in [0.05, 0.1) is 24.2 Å². The topological polar surface area (TPSA) is 37.3 Å². The number of quaternary nitrogens is 1. The van der Waals surface area contributed by atoms with E-state index in [0.717, 1.165) is 34.3 Å². The lowest BCUT2D eigenvalue weighted by molar-refractivity contribution is -0.901. The van der Waals surface area contributed by atoms with Crippen LogP contribution in [0.3, 0.4) is 0 Å². The zero-order valence-electron chi connectivity index (χ0n) is 11.7. The summed E-state index contributed by atoms with van der Waals surface area (Å²) in [7, 11) is 0. The SMILES string of the molecule is Cc1[nH]c2c(C)cccc2c(=O)c1C[NH+]1CCCC1. The molecule has 1 aromatic carbocycles. The van der Waals surface area contributed by atoms with Crippen LogP contribution in [-0.2, 0) is 6.54 Å². The zero-order chi connectivity index (χ0) is 13.4. The Morgan fingerprint density at radius 3 is 2.68 bits per heavy atom. The third kappa shape index (κ3) is 2.19. The first-order valence-electron chi connectivity index (χ1n) is 7.11. The van der Waals surface area contributed by atoms with E-state index in [1.54, 1.807) is 4.90 Å². The molecule has 1 saturated heterocycles. The van der Waals surface area contributed by atoms with E-state index in [-0.39, 0.29) is 5.43 Å². The van der Waals surface area contributed by atoms with E-state index in [4.69, 9.17) is 0 Å². The number of H-pyrrole nitrogens is 1. The van der Waals surface area contributed by atoms with Crippen molar-refractivity contribution < 1.29 is 4.90 Å². The molecule has 1 fully saturated rings. The van der Waals surface area contributed by atoms with Gasteiger partial charge in [0.2, 0.25) is 0 Å². The molecule has 1 aliphatic rings. The van der Waals surface area contributed by atoms with Crippen molar-refractivity contribution in [2.45, 2.75) is 33.2 Å². The summed E-state index contributed by atoms with van der Waals surface area (Å²) in [6.07, 6.45) is 2.58. The summed E-state index contributed by atoms with van der Waals surface area (Å²) < 4.78 is 0. The quantitative estimate of drug-likeness (QED) is 0.836. The van der Waals surface area contributed by atoms with Gasteiger partial charge in [0, 0.05) is 23.9 Å². The Labute approximate surface area is 113 Å². The number of benzene rings is 1. The summed E-state index contributed by atoms with van der Waals surface area (Å²) in [6.45, 7) is 7.34. The average molecular weight is 257 g/mol. The highest BCUT2D eigenvalue weighted by molar-refractivity contribution is 5.82. The molecule has 0 aliphatic carbocycles. The van der Waals surface area contributed by atoms with Crippen LogP contribution in [-0.4, -0.2) is 18.1 Å². The first-order valence-corrected chi connectivity index (χ1v) is 7.11. The zero-order valence-corrected chi connectivity index (χ0v) is 11.7. The molecule has 0 amide bonds. The van der Waals surface area contributed by atoms with Crippen LogP contribution in [0, 0.1) is 13.8 Å². The number of hydrogen-bond acceptors (Lipinski definition) is 1. The first kappa shape index (κ1) is 12.4. The van der Waals surface area contributed by atoms with Crippen LogP contribution in [0.4, 0.5) is 0 Å². The molecule has 0 bridgehead atoms. The van der Waals surface area contributed by atoms with Crippen LogP contribution in [0.15, 0.2) is 23.0 Å². The molecule has 3 rings (SSSR count). The lowest BCUT2D eigenvalue weighted by Crippen LogP contribution is -3.08. The largest absolute Gasteiger partial charge is 0.358 e. The highest BCUT2D eigenvalue weighted by Crippen LogP contribution is 2.14. The van der Waals surface area contributed by atoms with Gasteiger partial charge in [-0.15, -0.1) is 0 Å². The minimum atomic E-state index is 0.217. The summed E-state index contributed by atoms with van der Waals surface area (Å²) in [5.41, 5.74) is 4.35. The number of fused-ring (bicyclic) bond motifs is 1. The van der Waals surface area contributed by atoms with Gasteiger partial charge < -0.3 is 9.88 Å². The summed E-state index contributed by atoms with van der Waals surface area (Å²) in [6, 6.07) is 5.95. The Kier molecular flexibility index (Phi) is 3.15. The molecular formula is C16H21N2O+. The van der Waals surface area contributed by atoms with Crippen LogP contribution in [0.2, 0.25) is 0 Å². The molecule has 2 aromatic rings. The molecule has 3 nitrogen and oxygen atoms in total. The van der Waals surface area contributed by atoms with E-state index < -0.39 is 0 Å². The van der Waals surface area contributed by atoms with Crippen molar-refractivity contribution in [2.75, 3.05) is 13.1 Å². The molecule has 3 heteroatoms. The fourth-order valence-electron chi connectivity index (χ4n) is 3.13. The van der Waals surface area contributed by atoms with Crippen molar-refractivity contribution in [2.24, 2.45) is 0 Å². The molecule has 0 radical (unpaired) electrons. The summed E-state index contributed by atoms with van der Waals surface area (Å²) >= 11 is 0. The van der Waals surface area contributed by atoms with Gasteiger partial charge in [-0.2, -0.15) is 0 Å². The number of pyridine rings is 1. The van der Waals surface area contributed by atoms with E-state index in [0.29, 0.717) is 0 Å². The molecule has 2 N–H and O–H groups in total. The number of nitrogens with one attached hydrogen (secondary N) is 2. The van der Waals surface area contributed by atoms with Gasteiger partial charge in [0.1, 0.15) is 6.54 Å². The van der Waals surface area contributed by atoms with E-state index in [1.165, 1.54) is 25.9 Å². The monoisotopic (exact) mass is 257 g/mol. The third-order valence-corrected chi connectivity index (χ3v) is 4.29. The maximum absolute atomic E-state index is 12.7. The maximum atomic E-state index is 12.7. The van der Waals surface area contributed by atoms with Crippen molar-refractivity contribution in [3.8, 4) is 0 Å². The fourth-order valence-corrected chi connectivity index (χ4v) is 3.13. The van der Waals surface area contributed by atoms with Gasteiger partial charge in [-0.05, 0) is 25.5 Å². The van der Waals surface area contributed by atoms with Gasteiger partial charge in [-0.1, -0.05) is 12.1 Å². The van der Waals surface area contributed by atoms with E-state index in [9.17, 15) is 4.79 Å². The van der Waals surface area contributed by atoms with Gasteiger partial charge in [0.15, 0.2) is 5.43 Å². The number of hydrogen-bond donors (Lipinski definition) is 2. The molecular weight excluding hydrogens is 236 g/mol. The van der Waals surface area contributed by atoms with Crippen LogP contribution in [0.25, 0.3) is 10.9 Å². The Balaban J connectivity index is 2.12. The Morgan fingerprint density at radius 2 is 1.95 bits per heavy atom. The predicted molar refractivity (Wildman–Crippen MR) is 77.7 cm³/mol. The van der Waals surface area contributed by atoms with Crippen molar-refractivity contribution >= 4 is 10.9 Å². The second kappa shape index (κ2) is 4.82. The maximum Gasteiger partial charge on any atom is 0.198 e. The smallest absolute Gasteiger partial charge is 0.198 e. The van der Waals surface area contributed by atoms with Gasteiger partial charge in [-0.3, -0.25) is 4.79 Å². The lowest BCUT2D eigenvalue weighted by Gasteiger charge is -2.14. The minimum absolute atomic E-state index is 0.217. The van der Waals surface area contributed by atoms with Gasteiger partial charge in [0.25, 0.3) is 0 Å². The second-order valence-electron chi connectivity index (χ2n) is 5.69. The van der Waals surface area contributed by atoms with Crippen LogP contribution in [0.1, 0.15) is 29.7 Å². The van der Waals surface area contributed by atoms with Crippen molar-refractivity contribution in [3.63, 3.8) is 0 Å². The Hall–Kier alpha value is -1.61. The van der Waals surface area contributed by atoms with Crippen molar-refractivity contribution in [1.82, 2.24) is 4.98 Å². The highest BCUT2D eigenvalue weighted by atomic mass is 16.1. The molecule has 1 aliphatic heterocycles. The Bertz CT molecular complexity index is 666. The molecule has 0 unspecified atom stereocenters. The molecule has 1 aromatic heterocycles. The molecule has 0 spiro atoms. The van der Waals surface area contributed by atoms with Crippen molar-refractivity contribution in [3.05, 3.63) is 45.2 Å². The molecule has 100 valence electrons. The van der Waals surface area contributed by atoms with Crippen LogP contribution >= 0.6 is 0 Å². The molecule has 0 atom stereocenters. The van der Waals surface area contributed by atoms with E-state index >= 15 is 0 Å².